The van der Waals surface area contributed by atoms with Crippen LogP contribution in [0.15, 0.2) is 39.3 Å². The van der Waals surface area contributed by atoms with Gasteiger partial charge < -0.3 is 15.5 Å². The maximum Gasteiger partial charge on any atom is 0.319 e. The number of halogens is 1. The highest BCUT2D eigenvalue weighted by Gasteiger charge is 2.27. The number of carbonyl (C=O) groups excluding carboxylic acids is 2. The van der Waals surface area contributed by atoms with Crippen molar-refractivity contribution in [1.82, 2.24) is 10.2 Å². The summed E-state index contributed by atoms with van der Waals surface area (Å²) in [5.41, 5.74) is 2.88. The maximum atomic E-state index is 13.2. The van der Waals surface area contributed by atoms with Crippen molar-refractivity contribution in [3.05, 3.63) is 39.9 Å². The molecule has 172 valence electrons. The van der Waals surface area contributed by atoms with Crippen molar-refractivity contribution >= 4 is 39.3 Å². The van der Waals surface area contributed by atoms with Gasteiger partial charge in [-0.1, -0.05) is 49.2 Å². The van der Waals surface area contributed by atoms with Crippen LogP contribution in [0, 0.1) is 11.8 Å². The van der Waals surface area contributed by atoms with E-state index in [1.165, 1.54) is 0 Å². The lowest BCUT2D eigenvalue weighted by Gasteiger charge is -2.35. The van der Waals surface area contributed by atoms with Gasteiger partial charge >= 0.3 is 6.03 Å². The van der Waals surface area contributed by atoms with Gasteiger partial charge in [-0.2, -0.15) is 0 Å². The molecule has 0 bridgehead atoms. The third-order valence-electron chi connectivity index (χ3n) is 4.79. The molecular weight excluding hydrogens is 456 g/mol. The first-order valence-electron chi connectivity index (χ1n) is 10.9. The molecule has 7 heteroatoms. The highest BCUT2D eigenvalue weighted by Crippen LogP contribution is 2.27. The molecule has 2 atom stereocenters. The number of nitrogens with zero attached hydrogens (tertiary/aromatic N) is 2. The van der Waals surface area contributed by atoms with Crippen LogP contribution in [0.3, 0.4) is 0 Å². The Balaban J connectivity index is 0.00000233. The van der Waals surface area contributed by atoms with Crippen LogP contribution in [0.2, 0.25) is 0 Å². The summed E-state index contributed by atoms with van der Waals surface area (Å²) < 4.78 is 0.800. The van der Waals surface area contributed by atoms with E-state index in [0.29, 0.717) is 29.6 Å². The molecule has 0 spiro atoms. The Morgan fingerprint density at radius 1 is 1.19 bits per heavy atom. The number of piperidine rings is 1. The Morgan fingerprint density at radius 3 is 2.35 bits per heavy atom. The predicted octanol–water partition coefficient (Wildman–Crippen LogP) is 5.75. The smallest absolute Gasteiger partial charge is 0.319 e. The molecule has 1 aromatic carbocycles. The van der Waals surface area contributed by atoms with Crippen molar-refractivity contribution in [2.24, 2.45) is 16.8 Å². The number of urea groups is 1. The number of allylic oxidation sites excluding steroid dienone is 1. The van der Waals surface area contributed by atoms with E-state index in [2.05, 4.69) is 45.4 Å². The van der Waals surface area contributed by atoms with Gasteiger partial charge in [0, 0.05) is 24.6 Å². The van der Waals surface area contributed by atoms with E-state index in [-0.39, 0.29) is 11.9 Å². The van der Waals surface area contributed by atoms with Crippen LogP contribution >= 0.6 is 15.9 Å². The van der Waals surface area contributed by atoms with Crippen molar-refractivity contribution in [2.45, 2.75) is 48.0 Å². The molecule has 0 aromatic heterocycles. The Morgan fingerprint density at radius 2 is 1.81 bits per heavy atom. The Bertz CT molecular complexity index is 806. The Hall–Kier alpha value is -2.15. The summed E-state index contributed by atoms with van der Waals surface area (Å²) in [6.45, 7) is 14.1. The van der Waals surface area contributed by atoms with Crippen LogP contribution < -0.4 is 10.6 Å². The molecular formula is C24H37BrN4O2. The zero-order valence-electron chi connectivity index (χ0n) is 19.9. The minimum Gasteiger partial charge on any atom is -0.338 e. The molecule has 1 heterocycles. The maximum absolute atomic E-state index is 13.2. The molecule has 3 amide bonds. The number of hydrogen-bond donors (Lipinski definition) is 2. The molecule has 1 saturated heterocycles. The van der Waals surface area contributed by atoms with Crippen LogP contribution in [0.4, 0.5) is 10.5 Å². The van der Waals surface area contributed by atoms with Gasteiger partial charge in [0.05, 0.1) is 23.5 Å². The third kappa shape index (κ3) is 8.85. The molecule has 1 fully saturated rings. The first-order valence-corrected chi connectivity index (χ1v) is 11.7. The molecule has 1 aliphatic rings. The largest absolute Gasteiger partial charge is 0.338 e. The van der Waals surface area contributed by atoms with Crippen LogP contribution in [0.25, 0.3) is 0 Å². The van der Waals surface area contributed by atoms with E-state index in [1.54, 1.807) is 19.2 Å². The fourth-order valence-electron chi connectivity index (χ4n) is 3.67. The van der Waals surface area contributed by atoms with E-state index < -0.39 is 0 Å². The van der Waals surface area contributed by atoms with Crippen molar-refractivity contribution in [3.8, 4) is 0 Å². The summed E-state index contributed by atoms with van der Waals surface area (Å²) in [4.78, 5) is 31.7. The highest BCUT2D eigenvalue weighted by molar-refractivity contribution is 9.10. The third-order valence-corrected chi connectivity index (χ3v) is 5.28. The second-order valence-electron chi connectivity index (χ2n) is 8.09. The summed E-state index contributed by atoms with van der Waals surface area (Å²) in [6.07, 6.45) is 3.05. The van der Waals surface area contributed by atoms with Gasteiger partial charge in [-0.25, -0.2) is 4.79 Å². The molecule has 31 heavy (non-hydrogen) atoms. The number of nitrogens with one attached hydrogen (secondary N) is 2. The lowest BCUT2D eigenvalue weighted by molar-refractivity contribution is 0.0624. The Kier molecular flexibility index (Phi) is 11.5. The zero-order chi connectivity index (χ0) is 23.6. The minimum atomic E-state index is -0.370. The minimum absolute atomic E-state index is 0.0552. The van der Waals surface area contributed by atoms with Crippen molar-refractivity contribution < 1.29 is 9.59 Å². The fraction of sp³-hybridized carbons (Fsp3) is 0.542. The molecule has 0 saturated carbocycles. The number of benzene rings is 1. The number of likely N-dealkylation sites (tertiary alicyclic amines) is 1. The predicted molar refractivity (Wildman–Crippen MR) is 134 cm³/mol. The normalized spacial score (nSPS) is 18.5. The second kappa shape index (κ2) is 13.3. The lowest BCUT2D eigenvalue weighted by atomic mass is 9.91. The van der Waals surface area contributed by atoms with E-state index in [9.17, 15) is 9.59 Å². The van der Waals surface area contributed by atoms with Crippen molar-refractivity contribution in [3.63, 3.8) is 0 Å². The standard InChI is InChI=1S/C22H31BrN4O2.C2H6/c1-14(2)8-18(24-5)11-25-22(29)26-20-7-6-17(23)10-19(20)21(28)27-12-15(3)9-16(4)13-27;1-2/h6-8,10,15-16H,9,11-13H2,1-5H3,(H2,25,26,29);1-2H3/t15-,16+;. The van der Waals surface area contributed by atoms with E-state index in [4.69, 9.17) is 0 Å². The first kappa shape index (κ1) is 26.9. The van der Waals surface area contributed by atoms with Crippen LogP contribution in [-0.2, 0) is 0 Å². The van der Waals surface area contributed by atoms with Gasteiger partial charge in [-0.15, -0.1) is 0 Å². The monoisotopic (exact) mass is 492 g/mol. The molecule has 0 radical (unpaired) electrons. The van der Waals surface area contributed by atoms with Gasteiger partial charge in [0.25, 0.3) is 5.91 Å². The van der Waals surface area contributed by atoms with Crippen LogP contribution in [-0.4, -0.2) is 49.2 Å². The van der Waals surface area contributed by atoms with Crippen LogP contribution in [0.5, 0.6) is 0 Å². The molecule has 1 aromatic rings. The van der Waals surface area contributed by atoms with Gasteiger partial charge in [0.2, 0.25) is 0 Å². The lowest BCUT2D eigenvalue weighted by Crippen LogP contribution is -2.43. The number of anilines is 1. The summed E-state index contributed by atoms with van der Waals surface area (Å²) in [7, 11) is 1.69. The molecule has 6 nitrogen and oxygen atoms in total. The molecule has 1 aliphatic heterocycles. The number of rotatable bonds is 5. The first-order chi connectivity index (χ1) is 14.7. The number of aliphatic imine (C=N–C) groups is 1. The van der Waals surface area contributed by atoms with Crippen LogP contribution in [0.1, 0.15) is 58.3 Å². The van der Waals surface area contributed by atoms with E-state index >= 15 is 0 Å². The fourth-order valence-corrected chi connectivity index (χ4v) is 4.03. The second-order valence-corrected chi connectivity index (χ2v) is 9.01. The highest BCUT2D eigenvalue weighted by atomic mass is 79.9. The van der Waals surface area contributed by atoms with E-state index in [0.717, 1.165) is 35.3 Å². The Labute approximate surface area is 195 Å². The molecule has 0 aliphatic carbocycles. The van der Waals surface area contributed by atoms with Gasteiger partial charge in [-0.3, -0.25) is 9.79 Å². The molecule has 0 unspecified atom stereocenters. The summed E-state index contributed by atoms with van der Waals surface area (Å²) >= 11 is 3.44. The van der Waals surface area contributed by atoms with Crippen molar-refractivity contribution in [2.75, 3.05) is 32.0 Å². The van der Waals surface area contributed by atoms with Gasteiger partial charge in [-0.05, 0) is 56.4 Å². The van der Waals surface area contributed by atoms with Gasteiger partial charge in [0.1, 0.15) is 0 Å². The number of hydrogen-bond acceptors (Lipinski definition) is 3. The molecule has 2 N–H and O–H groups in total. The average molecular weight is 493 g/mol. The molecule has 2 rings (SSSR count). The summed E-state index contributed by atoms with van der Waals surface area (Å²) in [5, 5.41) is 5.62. The quantitative estimate of drug-likeness (QED) is 0.513. The summed E-state index contributed by atoms with van der Waals surface area (Å²) in [6, 6.07) is 4.96. The van der Waals surface area contributed by atoms with Gasteiger partial charge in [0.15, 0.2) is 0 Å². The number of amides is 3. The average Bonchev–Trinajstić information content (AvgIpc) is 2.72. The number of carbonyl (C=O) groups is 2. The topological polar surface area (TPSA) is 73.8 Å². The summed E-state index contributed by atoms with van der Waals surface area (Å²) in [5.74, 6) is 0.883. The van der Waals surface area contributed by atoms with E-state index in [1.807, 2.05) is 44.7 Å². The SMILES string of the molecule is CC.CN=C(C=C(C)C)CNC(=O)Nc1ccc(Br)cc1C(=O)N1C[C@H](C)C[C@H](C)C1. The van der Waals surface area contributed by atoms with Crippen molar-refractivity contribution in [1.29, 1.82) is 0 Å². The zero-order valence-corrected chi connectivity index (χ0v) is 21.5.